The third-order valence-corrected chi connectivity index (χ3v) is 5.55. The van der Waals surface area contributed by atoms with Crippen LogP contribution in [0.3, 0.4) is 0 Å². The van der Waals surface area contributed by atoms with E-state index in [1.807, 2.05) is 30.3 Å². The summed E-state index contributed by atoms with van der Waals surface area (Å²) < 4.78 is 23.6. The van der Waals surface area contributed by atoms with Gasteiger partial charge >= 0.3 is 5.97 Å². The molecule has 1 N–H and O–H groups in total. The van der Waals surface area contributed by atoms with Crippen LogP contribution < -0.4 is 5.32 Å². The number of para-hydroxylation sites is 1. The summed E-state index contributed by atoms with van der Waals surface area (Å²) in [7, 11) is 1.54. The van der Waals surface area contributed by atoms with E-state index in [9.17, 15) is 14.0 Å². The topological polar surface area (TPSA) is 77.5 Å². The van der Waals surface area contributed by atoms with Crippen molar-refractivity contribution in [1.29, 1.82) is 0 Å². The molecule has 1 heterocycles. The van der Waals surface area contributed by atoms with Crippen LogP contribution in [0.2, 0.25) is 0 Å². The van der Waals surface area contributed by atoms with Gasteiger partial charge in [0.1, 0.15) is 5.82 Å². The van der Waals surface area contributed by atoms with Crippen molar-refractivity contribution in [1.82, 2.24) is 10.3 Å². The number of allylic oxidation sites excluding steroid dienone is 1. The van der Waals surface area contributed by atoms with Crippen LogP contribution in [0.5, 0.6) is 0 Å². The molecule has 170 valence electrons. The third-order valence-electron chi connectivity index (χ3n) is 5.55. The summed E-state index contributed by atoms with van der Waals surface area (Å²) in [5.74, 6) is -1.22. The van der Waals surface area contributed by atoms with E-state index >= 15 is 0 Å². The first-order chi connectivity index (χ1) is 16.1. The number of ether oxygens (including phenoxy) is 2. The third kappa shape index (κ3) is 5.26. The quantitative estimate of drug-likeness (QED) is 0.434. The second kappa shape index (κ2) is 10.4. The SMILES string of the molecule is COCCNC(=O)COC(=O)c1c2c(nc3ccccc13)/C(=C/c1ccc(F)cc1)CCC2. The van der Waals surface area contributed by atoms with Gasteiger partial charge in [-0.1, -0.05) is 30.3 Å². The summed E-state index contributed by atoms with van der Waals surface area (Å²) in [6.07, 6.45) is 4.31. The normalized spacial score (nSPS) is 14.2. The number of hydrogen-bond acceptors (Lipinski definition) is 5. The fourth-order valence-electron chi connectivity index (χ4n) is 4.02. The van der Waals surface area contributed by atoms with Crippen LogP contribution in [-0.2, 0) is 20.7 Å². The van der Waals surface area contributed by atoms with Gasteiger partial charge in [0, 0.05) is 19.0 Å². The van der Waals surface area contributed by atoms with E-state index in [1.165, 1.54) is 12.1 Å². The molecular weight excluding hydrogens is 423 g/mol. The smallest absolute Gasteiger partial charge is 0.339 e. The number of carbonyl (C=O) groups excluding carboxylic acids is 2. The van der Waals surface area contributed by atoms with Gasteiger partial charge in [-0.15, -0.1) is 0 Å². The van der Waals surface area contributed by atoms with Gasteiger partial charge in [0.05, 0.1) is 23.4 Å². The molecule has 6 nitrogen and oxygen atoms in total. The molecule has 0 saturated carbocycles. The van der Waals surface area contributed by atoms with Gasteiger partial charge in [0.2, 0.25) is 0 Å². The number of methoxy groups -OCH3 is 1. The molecule has 2 aromatic carbocycles. The number of nitrogens with zero attached hydrogens (tertiary/aromatic N) is 1. The maximum Gasteiger partial charge on any atom is 0.339 e. The van der Waals surface area contributed by atoms with Crippen molar-refractivity contribution in [2.75, 3.05) is 26.9 Å². The van der Waals surface area contributed by atoms with Crippen LogP contribution in [0, 0.1) is 5.82 Å². The van der Waals surface area contributed by atoms with Crippen molar-refractivity contribution in [3.63, 3.8) is 0 Å². The first kappa shape index (κ1) is 22.6. The molecule has 1 aliphatic carbocycles. The van der Waals surface area contributed by atoms with Crippen LogP contribution in [0.4, 0.5) is 4.39 Å². The molecular formula is C26H25FN2O4. The van der Waals surface area contributed by atoms with E-state index in [0.717, 1.165) is 35.2 Å². The van der Waals surface area contributed by atoms with Crippen molar-refractivity contribution in [3.8, 4) is 0 Å². The number of esters is 1. The lowest BCUT2D eigenvalue weighted by Gasteiger charge is -2.22. The number of carbonyl (C=O) groups is 2. The number of amides is 1. The van der Waals surface area contributed by atoms with Gasteiger partial charge in [0.15, 0.2) is 6.61 Å². The van der Waals surface area contributed by atoms with Crippen LogP contribution in [0.1, 0.15) is 40.0 Å². The summed E-state index contributed by atoms with van der Waals surface area (Å²) in [5.41, 5.74) is 4.55. The first-order valence-electron chi connectivity index (χ1n) is 10.9. The molecule has 4 rings (SSSR count). The molecule has 0 fully saturated rings. The molecule has 3 aromatic rings. The van der Waals surface area contributed by atoms with E-state index in [0.29, 0.717) is 36.0 Å². The van der Waals surface area contributed by atoms with Crippen molar-refractivity contribution in [2.45, 2.75) is 19.3 Å². The van der Waals surface area contributed by atoms with Gasteiger partial charge in [-0.2, -0.15) is 0 Å². The minimum Gasteiger partial charge on any atom is -0.452 e. The Hall–Kier alpha value is -3.58. The van der Waals surface area contributed by atoms with Crippen LogP contribution in [0.25, 0.3) is 22.6 Å². The molecule has 33 heavy (non-hydrogen) atoms. The highest BCUT2D eigenvalue weighted by Crippen LogP contribution is 2.36. The summed E-state index contributed by atoms with van der Waals surface area (Å²) in [6.45, 7) is 0.357. The van der Waals surface area contributed by atoms with Crippen molar-refractivity contribution < 1.29 is 23.5 Å². The fourth-order valence-corrected chi connectivity index (χ4v) is 4.02. The number of fused-ring (bicyclic) bond motifs is 2. The minimum atomic E-state index is -0.547. The first-order valence-corrected chi connectivity index (χ1v) is 10.9. The highest BCUT2D eigenvalue weighted by Gasteiger charge is 2.26. The van der Waals surface area contributed by atoms with Gasteiger partial charge < -0.3 is 14.8 Å². The Bertz CT molecular complexity index is 1200. The van der Waals surface area contributed by atoms with E-state index in [-0.39, 0.29) is 18.3 Å². The van der Waals surface area contributed by atoms with Crippen molar-refractivity contribution >= 4 is 34.4 Å². The average molecular weight is 448 g/mol. The van der Waals surface area contributed by atoms with Crippen LogP contribution in [-0.4, -0.2) is 43.7 Å². The highest BCUT2D eigenvalue weighted by molar-refractivity contribution is 6.07. The molecule has 0 unspecified atom stereocenters. The molecule has 0 saturated heterocycles. The Kier molecular flexibility index (Phi) is 7.10. The summed E-state index contributed by atoms with van der Waals surface area (Å²) in [6, 6.07) is 13.7. The van der Waals surface area contributed by atoms with Crippen molar-refractivity contribution in [2.24, 2.45) is 0 Å². The second-order valence-electron chi connectivity index (χ2n) is 7.82. The number of halogens is 1. The molecule has 1 aliphatic rings. The Morgan fingerprint density at radius 2 is 1.91 bits per heavy atom. The zero-order valence-corrected chi connectivity index (χ0v) is 18.4. The van der Waals surface area contributed by atoms with E-state index in [1.54, 1.807) is 19.2 Å². The number of hydrogen-bond donors (Lipinski definition) is 1. The van der Waals surface area contributed by atoms with Crippen molar-refractivity contribution in [3.05, 3.63) is 76.7 Å². The van der Waals surface area contributed by atoms with Gasteiger partial charge in [0.25, 0.3) is 5.91 Å². The molecule has 1 amide bonds. The lowest BCUT2D eigenvalue weighted by Crippen LogP contribution is -2.31. The highest BCUT2D eigenvalue weighted by atomic mass is 19.1. The van der Waals surface area contributed by atoms with Gasteiger partial charge in [-0.25, -0.2) is 14.2 Å². The summed E-state index contributed by atoms with van der Waals surface area (Å²) in [4.78, 5) is 30.0. The number of pyridine rings is 1. The number of nitrogens with one attached hydrogen (secondary N) is 1. The lowest BCUT2D eigenvalue weighted by atomic mass is 9.86. The van der Waals surface area contributed by atoms with Crippen LogP contribution in [0.15, 0.2) is 48.5 Å². The maximum absolute atomic E-state index is 13.3. The Morgan fingerprint density at radius 3 is 2.70 bits per heavy atom. The van der Waals surface area contributed by atoms with Gasteiger partial charge in [-0.05, 0) is 60.2 Å². The predicted octanol–water partition coefficient (Wildman–Crippen LogP) is 4.17. The predicted molar refractivity (Wildman–Crippen MR) is 124 cm³/mol. The zero-order chi connectivity index (χ0) is 23.2. The Labute approximate surface area is 191 Å². The maximum atomic E-state index is 13.3. The number of aromatic nitrogens is 1. The minimum absolute atomic E-state index is 0.290. The van der Waals surface area contributed by atoms with Crippen LogP contribution >= 0.6 is 0 Å². The molecule has 0 aliphatic heterocycles. The molecule has 0 radical (unpaired) electrons. The molecule has 0 atom stereocenters. The average Bonchev–Trinajstić information content (AvgIpc) is 2.83. The summed E-state index contributed by atoms with van der Waals surface area (Å²) >= 11 is 0. The number of benzene rings is 2. The van der Waals surface area contributed by atoms with E-state index < -0.39 is 5.97 Å². The fraction of sp³-hybridized carbons (Fsp3) is 0.269. The standard InChI is InChI=1S/C26H25FN2O4/c1-32-14-13-28-23(30)16-33-26(31)24-20-6-2-3-8-22(20)29-25-18(5-4-7-21(24)25)15-17-9-11-19(27)12-10-17/h2-3,6,8-12,15H,4-5,7,13-14,16H2,1H3,(H,28,30)/b18-15+. The van der Waals surface area contributed by atoms with Gasteiger partial charge in [-0.3, -0.25) is 4.79 Å². The molecule has 1 aromatic heterocycles. The lowest BCUT2D eigenvalue weighted by molar-refractivity contribution is -0.124. The Morgan fingerprint density at radius 1 is 1.12 bits per heavy atom. The second-order valence-corrected chi connectivity index (χ2v) is 7.82. The number of rotatable bonds is 7. The van der Waals surface area contributed by atoms with E-state index in [2.05, 4.69) is 5.32 Å². The van der Waals surface area contributed by atoms with E-state index in [4.69, 9.17) is 14.5 Å². The monoisotopic (exact) mass is 448 g/mol. The Balaban J connectivity index is 1.69. The largest absolute Gasteiger partial charge is 0.452 e. The molecule has 7 heteroatoms. The zero-order valence-electron chi connectivity index (χ0n) is 18.4. The summed E-state index contributed by atoms with van der Waals surface area (Å²) in [5, 5.41) is 3.34. The molecule has 0 spiro atoms. The molecule has 0 bridgehead atoms.